The molecule has 2 heteroatoms. The number of nitrogens with zero attached hydrogens (tertiary/aromatic N) is 2. The lowest BCUT2D eigenvalue weighted by molar-refractivity contribution is 1.18. The Morgan fingerprint density at radius 3 is 1.23 bits per heavy atom. The number of hydrogen-bond donors (Lipinski definition) is 0. The van der Waals surface area contributed by atoms with E-state index in [1.807, 2.05) is 12.1 Å². The molecule has 0 atom stereocenters. The van der Waals surface area contributed by atoms with Crippen LogP contribution < -0.4 is 0 Å². The molecule has 0 aliphatic carbocycles. The van der Waals surface area contributed by atoms with Gasteiger partial charge < -0.3 is 0 Å². The summed E-state index contributed by atoms with van der Waals surface area (Å²) in [5, 5.41) is 9.74. The molecule has 0 fully saturated rings. The molecule has 242 valence electrons. The normalized spacial score (nSPS) is 11.5. The van der Waals surface area contributed by atoms with Gasteiger partial charge in [0.15, 0.2) is 5.82 Å². The van der Waals surface area contributed by atoms with Crippen LogP contribution in [0.4, 0.5) is 0 Å². The lowest BCUT2D eigenvalue weighted by Gasteiger charge is -2.20. The van der Waals surface area contributed by atoms with Gasteiger partial charge in [-0.15, -0.1) is 0 Å². The fraction of sp³-hybridized carbons (Fsp3) is 0. The Morgan fingerprint density at radius 1 is 0.269 bits per heavy atom. The van der Waals surface area contributed by atoms with Crippen molar-refractivity contribution in [1.29, 1.82) is 0 Å². The van der Waals surface area contributed by atoms with Gasteiger partial charge in [0.2, 0.25) is 0 Å². The summed E-state index contributed by atoms with van der Waals surface area (Å²) < 4.78 is 0. The SMILES string of the molecule is c1ccc(-c2cc(-c3ccccc3)nc(-c3ccc4c(-c5cccc6ccccc56)c5ccccc5c(-c5cccc6ccccc56)c4c3)n2)cc1. The quantitative estimate of drug-likeness (QED) is 0.172. The summed E-state index contributed by atoms with van der Waals surface area (Å²) in [7, 11) is 0. The van der Waals surface area contributed by atoms with E-state index in [2.05, 4.69) is 182 Å². The minimum Gasteiger partial charge on any atom is -0.228 e. The van der Waals surface area contributed by atoms with Crippen molar-refractivity contribution >= 4 is 43.1 Å². The third-order valence-corrected chi connectivity index (χ3v) is 10.3. The number of aromatic nitrogens is 2. The van der Waals surface area contributed by atoms with Crippen LogP contribution in [0.1, 0.15) is 0 Å². The van der Waals surface area contributed by atoms with Gasteiger partial charge in [0, 0.05) is 16.7 Å². The van der Waals surface area contributed by atoms with Crippen LogP contribution in [-0.4, -0.2) is 9.97 Å². The Kier molecular flexibility index (Phi) is 7.18. The van der Waals surface area contributed by atoms with E-state index in [-0.39, 0.29) is 0 Å². The predicted octanol–water partition coefficient (Wildman–Crippen LogP) is 13.4. The largest absolute Gasteiger partial charge is 0.228 e. The molecule has 0 aliphatic heterocycles. The third kappa shape index (κ3) is 5.04. The lowest BCUT2D eigenvalue weighted by Crippen LogP contribution is -1.97. The second kappa shape index (κ2) is 12.5. The zero-order valence-electron chi connectivity index (χ0n) is 28.4. The predicted molar refractivity (Wildman–Crippen MR) is 219 cm³/mol. The maximum Gasteiger partial charge on any atom is 0.160 e. The van der Waals surface area contributed by atoms with Gasteiger partial charge in [-0.3, -0.25) is 0 Å². The van der Waals surface area contributed by atoms with Crippen molar-refractivity contribution in [3.8, 4) is 56.2 Å². The Morgan fingerprint density at radius 2 is 0.692 bits per heavy atom. The van der Waals surface area contributed by atoms with Crippen LogP contribution in [0.3, 0.4) is 0 Å². The van der Waals surface area contributed by atoms with Crippen LogP contribution in [0.2, 0.25) is 0 Å². The van der Waals surface area contributed by atoms with Gasteiger partial charge in [-0.1, -0.05) is 182 Å². The number of benzene rings is 9. The first-order valence-electron chi connectivity index (χ1n) is 17.8. The maximum atomic E-state index is 5.23. The molecule has 10 aromatic rings. The molecule has 1 heterocycles. The molecule has 0 spiro atoms. The van der Waals surface area contributed by atoms with Crippen molar-refractivity contribution in [3.63, 3.8) is 0 Å². The summed E-state index contributed by atoms with van der Waals surface area (Å²) in [6.07, 6.45) is 0. The highest BCUT2D eigenvalue weighted by Gasteiger charge is 2.21. The molecule has 2 nitrogen and oxygen atoms in total. The number of rotatable bonds is 5. The van der Waals surface area contributed by atoms with Gasteiger partial charge in [-0.2, -0.15) is 0 Å². The van der Waals surface area contributed by atoms with E-state index < -0.39 is 0 Å². The highest BCUT2D eigenvalue weighted by atomic mass is 14.9. The van der Waals surface area contributed by atoms with Crippen LogP contribution in [-0.2, 0) is 0 Å². The molecule has 9 aromatic carbocycles. The zero-order chi connectivity index (χ0) is 34.4. The van der Waals surface area contributed by atoms with E-state index in [0.717, 1.165) is 28.1 Å². The molecule has 0 aliphatic rings. The standard InChI is InChI=1S/C50H32N2/c1-3-17-35(18-4-1)46-32-47(36-19-5-2-6-20-36)52-50(51-46)37-29-30-44-45(31-37)49(41-28-14-22-34-16-8-10-24-39(34)41)43-26-12-11-25-42(43)48(44)40-27-13-21-33-15-7-9-23-38(33)40/h1-32H. The van der Waals surface area contributed by atoms with Crippen LogP contribution in [0, 0.1) is 0 Å². The molecule has 10 rings (SSSR count). The summed E-state index contributed by atoms with van der Waals surface area (Å²) in [4.78, 5) is 10.5. The molecular weight excluding hydrogens is 629 g/mol. The molecule has 0 saturated heterocycles. The van der Waals surface area contributed by atoms with E-state index in [9.17, 15) is 0 Å². The molecule has 1 aromatic heterocycles. The Bertz CT molecular complexity index is 2880. The van der Waals surface area contributed by atoms with Crippen LogP contribution >= 0.6 is 0 Å². The molecular formula is C50H32N2. The van der Waals surface area contributed by atoms with Gasteiger partial charge in [-0.25, -0.2) is 9.97 Å². The van der Waals surface area contributed by atoms with Crippen LogP contribution in [0.5, 0.6) is 0 Å². The molecule has 0 amide bonds. The van der Waals surface area contributed by atoms with Gasteiger partial charge in [0.1, 0.15) is 0 Å². The topological polar surface area (TPSA) is 25.8 Å². The highest BCUT2D eigenvalue weighted by Crippen LogP contribution is 2.47. The second-order valence-corrected chi connectivity index (χ2v) is 13.3. The van der Waals surface area contributed by atoms with Crippen molar-refractivity contribution in [1.82, 2.24) is 9.97 Å². The van der Waals surface area contributed by atoms with E-state index >= 15 is 0 Å². The van der Waals surface area contributed by atoms with E-state index in [1.165, 1.54) is 65.3 Å². The van der Waals surface area contributed by atoms with Crippen LogP contribution in [0.15, 0.2) is 194 Å². The molecule has 52 heavy (non-hydrogen) atoms. The smallest absolute Gasteiger partial charge is 0.160 e. The molecule has 0 radical (unpaired) electrons. The average Bonchev–Trinajstić information content (AvgIpc) is 3.23. The number of fused-ring (bicyclic) bond motifs is 4. The van der Waals surface area contributed by atoms with E-state index in [1.54, 1.807) is 0 Å². The van der Waals surface area contributed by atoms with Gasteiger partial charge in [0.05, 0.1) is 11.4 Å². The summed E-state index contributed by atoms with van der Waals surface area (Å²) in [5.74, 6) is 0.700. The molecule has 0 saturated carbocycles. The monoisotopic (exact) mass is 660 g/mol. The summed E-state index contributed by atoms with van der Waals surface area (Å²) in [5.41, 5.74) is 9.79. The van der Waals surface area contributed by atoms with Crippen molar-refractivity contribution < 1.29 is 0 Å². The van der Waals surface area contributed by atoms with Crippen molar-refractivity contribution in [2.75, 3.05) is 0 Å². The van der Waals surface area contributed by atoms with Crippen LogP contribution in [0.25, 0.3) is 99.2 Å². The summed E-state index contributed by atoms with van der Waals surface area (Å²) in [6.45, 7) is 0. The number of hydrogen-bond acceptors (Lipinski definition) is 2. The first-order valence-corrected chi connectivity index (χ1v) is 17.8. The minimum atomic E-state index is 0.700. The summed E-state index contributed by atoms with van der Waals surface area (Å²) in [6, 6.07) is 69.3. The molecule has 0 unspecified atom stereocenters. The van der Waals surface area contributed by atoms with Crippen molar-refractivity contribution in [2.45, 2.75) is 0 Å². The fourth-order valence-corrected chi connectivity index (χ4v) is 7.87. The van der Waals surface area contributed by atoms with E-state index in [0.29, 0.717) is 5.82 Å². The van der Waals surface area contributed by atoms with Gasteiger partial charge >= 0.3 is 0 Å². The third-order valence-electron chi connectivity index (χ3n) is 10.3. The first kappa shape index (κ1) is 30.0. The molecule has 0 N–H and O–H groups in total. The highest BCUT2D eigenvalue weighted by molar-refractivity contribution is 6.25. The average molecular weight is 661 g/mol. The Hall–Kier alpha value is -6.90. The van der Waals surface area contributed by atoms with Crippen molar-refractivity contribution in [3.05, 3.63) is 194 Å². The lowest BCUT2D eigenvalue weighted by atomic mass is 9.83. The first-order chi connectivity index (χ1) is 25.8. The minimum absolute atomic E-state index is 0.700. The van der Waals surface area contributed by atoms with E-state index in [4.69, 9.17) is 9.97 Å². The zero-order valence-corrected chi connectivity index (χ0v) is 28.4. The molecule has 0 bridgehead atoms. The van der Waals surface area contributed by atoms with Gasteiger partial charge in [-0.05, 0) is 77.5 Å². The van der Waals surface area contributed by atoms with Gasteiger partial charge in [0.25, 0.3) is 0 Å². The maximum absolute atomic E-state index is 5.23. The van der Waals surface area contributed by atoms with Crippen molar-refractivity contribution in [2.24, 2.45) is 0 Å². The summed E-state index contributed by atoms with van der Waals surface area (Å²) >= 11 is 0. The second-order valence-electron chi connectivity index (χ2n) is 13.3. The Labute approximate surface area is 302 Å². The fourth-order valence-electron chi connectivity index (χ4n) is 7.87. The Balaban J connectivity index is 1.33.